The highest BCUT2D eigenvalue weighted by atomic mass is 35.5. The Morgan fingerprint density at radius 1 is 0.850 bits per heavy atom. The van der Waals surface area contributed by atoms with Crippen LogP contribution in [-0.4, -0.2) is 32.5 Å². The number of halogens is 1. The van der Waals surface area contributed by atoms with Crippen molar-refractivity contribution in [1.82, 2.24) is 5.43 Å². The number of benzene rings is 4. The number of carbonyl (C=O) groups is 2. The highest BCUT2D eigenvalue weighted by Crippen LogP contribution is 2.28. The molecular formula is C30H27ClN4O4S. The van der Waals surface area contributed by atoms with Crippen LogP contribution in [0.2, 0.25) is 5.02 Å². The quantitative estimate of drug-likeness (QED) is 0.199. The molecule has 4 aromatic carbocycles. The van der Waals surface area contributed by atoms with Crippen LogP contribution in [0.5, 0.6) is 0 Å². The molecule has 40 heavy (non-hydrogen) atoms. The van der Waals surface area contributed by atoms with E-state index < -0.39 is 22.5 Å². The fourth-order valence-electron chi connectivity index (χ4n) is 3.76. The predicted octanol–water partition coefficient (Wildman–Crippen LogP) is 5.64. The van der Waals surface area contributed by atoms with Crippen LogP contribution in [0.25, 0.3) is 0 Å². The van der Waals surface area contributed by atoms with Crippen molar-refractivity contribution < 1.29 is 18.0 Å². The van der Waals surface area contributed by atoms with Crippen molar-refractivity contribution in [3.63, 3.8) is 0 Å². The zero-order valence-corrected chi connectivity index (χ0v) is 23.4. The van der Waals surface area contributed by atoms with Gasteiger partial charge in [0.05, 0.1) is 16.3 Å². The first-order valence-electron chi connectivity index (χ1n) is 12.3. The van der Waals surface area contributed by atoms with E-state index in [0.29, 0.717) is 27.5 Å². The summed E-state index contributed by atoms with van der Waals surface area (Å²) in [6.45, 7) is 2.96. The summed E-state index contributed by atoms with van der Waals surface area (Å²) in [4.78, 5) is 25.5. The summed E-state index contributed by atoms with van der Waals surface area (Å²) in [5.74, 6) is -0.902. The van der Waals surface area contributed by atoms with Crippen LogP contribution in [0, 0.1) is 6.92 Å². The van der Waals surface area contributed by atoms with E-state index in [2.05, 4.69) is 15.8 Å². The molecule has 0 saturated heterocycles. The van der Waals surface area contributed by atoms with E-state index in [1.807, 2.05) is 6.07 Å². The Morgan fingerprint density at radius 3 is 2.17 bits per heavy atom. The summed E-state index contributed by atoms with van der Waals surface area (Å²) in [7, 11) is -4.08. The molecule has 2 N–H and O–H groups in total. The van der Waals surface area contributed by atoms with E-state index in [9.17, 15) is 18.0 Å². The van der Waals surface area contributed by atoms with Crippen molar-refractivity contribution >= 4 is 50.5 Å². The zero-order valence-electron chi connectivity index (χ0n) is 21.8. The first-order valence-corrected chi connectivity index (χ1v) is 14.1. The third-order valence-corrected chi connectivity index (χ3v) is 8.18. The normalized spacial score (nSPS) is 11.5. The summed E-state index contributed by atoms with van der Waals surface area (Å²) in [6.07, 6.45) is 0. The average Bonchev–Trinajstić information content (AvgIpc) is 2.97. The average molecular weight is 575 g/mol. The summed E-state index contributed by atoms with van der Waals surface area (Å²) in [5, 5.41) is 7.37. The van der Waals surface area contributed by atoms with E-state index in [1.165, 1.54) is 18.2 Å². The Bertz CT molecular complexity index is 1660. The van der Waals surface area contributed by atoms with Crippen molar-refractivity contribution in [3.05, 3.63) is 125 Å². The summed E-state index contributed by atoms with van der Waals surface area (Å²) < 4.78 is 28.0. The Morgan fingerprint density at radius 2 is 1.50 bits per heavy atom. The van der Waals surface area contributed by atoms with Crippen LogP contribution < -0.4 is 15.0 Å². The zero-order chi connectivity index (χ0) is 28.7. The van der Waals surface area contributed by atoms with Crippen molar-refractivity contribution in [1.29, 1.82) is 0 Å². The maximum Gasteiger partial charge on any atom is 0.264 e. The maximum absolute atomic E-state index is 13.5. The van der Waals surface area contributed by atoms with Gasteiger partial charge < -0.3 is 5.32 Å². The molecule has 4 rings (SSSR count). The number of nitrogens with zero attached hydrogens (tertiary/aromatic N) is 2. The van der Waals surface area contributed by atoms with Gasteiger partial charge >= 0.3 is 0 Å². The summed E-state index contributed by atoms with van der Waals surface area (Å²) in [6, 6.07) is 28.5. The molecule has 0 aliphatic carbocycles. The molecule has 4 aromatic rings. The molecule has 0 saturated carbocycles. The molecule has 0 aliphatic rings. The Hall–Kier alpha value is -4.47. The van der Waals surface area contributed by atoms with Crippen molar-refractivity contribution in [2.24, 2.45) is 5.10 Å². The number of anilines is 2. The fourth-order valence-corrected chi connectivity index (χ4v) is 5.37. The minimum Gasteiger partial charge on any atom is -0.322 e. The molecule has 0 aliphatic heterocycles. The monoisotopic (exact) mass is 574 g/mol. The van der Waals surface area contributed by atoms with Gasteiger partial charge in [0.2, 0.25) is 0 Å². The van der Waals surface area contributed by atoms with Gasteiger partial charge in [-0.2, -0.15) is 5.10 Å². The van der Waals surface area contributed by atoms with E-state index >= 15 is 0 Å². The SMILES string of the molecule is C/C(=N/NC(=O)CN(c1ccc(C)c(Cl)c1)S(=O)(=O)c1ccccc1)c1cccc(NC(=O)c2ccccc2)c1. The Balaban J connectivity index is 1.51. The molecule has 204 valence electrons. The van der Waals surface area contributed by atoms with Crippen molar-refractivity contribution in [2.75, 3.05) is 16.2 Å². The van der Waals surface area contributed by atoms with Crippen LogP contribution in [-0.2, 0) is 14.8 Å². The van der Waals surface area contributed by atoms with Crippen LogP contribution in [0.4, 0.5) is 11.4 Å². The van der Waals surface area contributed by atoms with E-state index in [4.69, 9.17) is 11.6 Å². The minimum absolute atomic E-state index is 0.0357. The molecule has 10 heteroatoms. The number of sulfonamides is 1. The van der Waals surface area contributed by atoms with Gasteiger partial charge in [0.15, 0.2) is 0 Å². The standard InChI is InChI=1S/C30H27ClN4O4S/c1-21-16-17-26(19-28(21)31)35(40(38,39)27-14-7-4-8-15-27)20-29(36)34-33-22(2)24-12-9-13-25(18-24)32-30(37)23-10-5-3-6-11-23/h3-19H,20H2,1-2H3,(H,32,37)(H,34,36)/b33-22-. The smallest absolute Gasteiger partial charge is 0.264 e. The molecule has 0 aromatic heterocycles. The van der Waals surface area contributed by atoms with E-state index in [1.54, 1.807) is 92.7 Å². The minimum atomic E-state index is -4.08. The summed E-state index contributed by atoms with van der Waals surface area (Å²) >= 11 is 6.27. The number of aryl methyl sites for hydroxylation is 1. The second-order valence-electron chi connectivity index (χ2n) is 8.89. The van der Waals surface area contributed by atoms with Gasteiger partial charge in [0.25, 0.3) is 21.8 Å². The van der Waals surface area contributed by atoms with Gasteiger partial charge in [0, 0.05) is 16.3 Å². The molecule has 0 bridgehead atoms. The molecule has 0 unspecified atom stereocenters. The topological polar surface area (TPSA) is 108 Å². The number of hydrazone groups is 1. The van der Waals surface area contributed by atoms with Gasteiger partial charge in [-0.3, -0.25) is 13.9 Å². The van der Waals surface area contributed by atoms with Crippen molar-refractivity contribution in [2.45, 2.75) is 18.7 Å². The maximum atomic E-state index is 13.5. The van der Waals surface area contributed by atoms with Crippen LogP contribution in [0.3, 0.4) is 0 Å². The van der Waals surface area contributed by atoms with Crippen molar-refractivity contribution in [3.8, 4) is 0 Å². The number of carbonyl (C=O) groups excluding carboxylic acids is 2. The molecule has 0 atom stereocenters. The molecular weight excluding hydrogens is 548 g/mol. The van der Waals surface area contributed by atoms with Gasteiger partial charge in [-0.25, -0.2) is 13.8 Å². The molecule has 0 fully saturated rings. The van der Waals surface area contributed by atoms with Gasteiger partial charge in [-0.05, 0) is 73.5 Å². The highest BCUT2D eigenvalue weighted by molar-refractivity contribution is 7.92. The number of hydrogen-bond donors (Lipinski definition) is 2. The lowest BCUT2D eigenvalue weighted by atomic mass is 10.1. The number of hydrogen-bond acceptors (Lipinski definition) is 5. The van der Waals surface area contributed by atoms with Crippen LogP contribution in [0.15, 0.2) is 113 Å². The van der Waals surface area contributed by atoms with Gasteiger partial charge in [0.1, 0.15) is 6.54 Å². The van der Waals surface area contributed by atoms with E-state index in [0.717, 1.165) is 9.87 Å². The molecule has 0 radical (unpaired) electrons. The second kappa shape index (κ2) is 12.6. The first-order chi connectivity index (χ1) is 19.1. The predicted molar refractivity (Wildman–Crippen MR) is 158 cm³/mol. The lowest BCUT2D eigenvalue weighted by molar-refractivity contribution is -0.119. The lowest BCUT2D eigenvalue weighted by Crippen LogP contribution is -2.39. The number of nitrogens with one attached hydrogen (secondary N) is 2. The van der Waals surface area contributed by atoms with Gasteiger partial charge in [-0.15, -0.1) is 0 Å². The number of rotatable bonds is 9. The third-order valence-electron chi connectivity index (χ3n) is 5.98. The second-order valence-corrected chi connectivity index (χ2v) is 11.2. The third kappa shape index (κ3) is 6.93. The van der Waals surface area contributed by atoms with Crippen LogP contribution >= 0.6 is 11.6 Å². The molecule has 2 amide bonds. The first kappa shape index (κ1) is 28.5. The summed E-state index contributed by atoms with van der Waals surface area (Å²) in [5.41, 5.74) is 5.66. The lowest BCUT2D eigenvalue weighted by Gasteiger charge is -2.24. The fraction of sp³-hybridized carbons (Fsp3) is 0.100. The molecule has 0 spiro atoms. The molecule has 0 heterocycles. The van der Waals surface area contributed by atoms with E-state index in [-0.39, 0.29) is 16.5 Å². The van der Waals surface area contributed by atoms with Crippen LogP contribution in [0.1, 0.15) is 28.4 Å². The Labute approximate surface area is 238 Å². The highest BCUT2D eigenvalue weighted by Gasteiger charge is 2.27. The van der Waals surface area contributed by atoms with Gasteiger partial charge in [-0.1, -0.05) is 66.2 Å². The Kier molecular flexibility index (Phi) is 8.98. The largest absolute Gasteiger partial charge is 0.322 e. The molecule has 8 nitrogen and oxygen atoms in total. The number of amides is 2.